The van der Waals surface area contributed by atoms with Gasteiger partial charge in [-0.3, -0.25) is 9.88 Å². The maximum Gasteiger partial charge on any atom is 0.0271 e. The molecule has 0 aliphatic carbocycles. The van der Waals surface area contributed by atoms with Crippen LogP contribution in [-0.2, 0) is 6.54 Å². The lowest BCUT2D eigenvalue weighted by atomic mass is 10.1. The molecule has 0 radical (unpaired) electrons. The van der Waals surface area contributed by atoms with Crippen LogP contribution in [0.4, 0.5) is 0 Å². The van der Waals surface area contributed by atoms with E-state index in [0.29, 0.717) is 6.04 Å². The first-order chi connectivity index (χ1) is 9.30. The highest BCUT2D eigenvalue weighted by Gasteiger charge is 2.12. The Bertz CT molecular complexity index is 313. The van der Waals surface area contributed by atoms with Gasteiger partial charge in [-0.1, -0.05) is 27.2 Å². The van der Waals surface area contributed by atoms with E-state index in [4.69, 9.17) is 0 Å². The van der Waals surface area contributed by atoms with Crippen LogP contribution >= 0.6 is 0 Å². The Kier molecular flexibility index (Phi) is 8.43. The number of rotatable bonds is 10. The zero-order valence-electron chi connectivity index (χ0n) is 12.7. The van der Waals surface area contributed by atoms with Crippen LogP contribution in [0.15, 0.2) is 24.5 Å². The molecule has 0 aromatic carbocycles. The molecule has 0 spiro atoms. The average Bonchev–Trinajstić information content (AvgIpc) is 2.45. The lowest BCUT2D eigenvalue weighted by Gasteiger charge is -2.27. The molecule has 0 fully saturated rings. The maximum atomic E-state index is 4.08. The molecule has 1 unspecified atom stereocenters. The number of nitrogens with one attached hydrogen (secondary N) is 1. The lowest BCUT2D eigenvalue weighted by Crippen LogP contribution is -2.41. The second-order valence-corrected chi connectivity index (χ2v) is 5.12. The van der Waals surface area contributed by atoms with Gasteiger partial charge >= 0.3 is 0 Å². The van der Waals surface area contributed by atoms with Crippen LogP contribution in [0, 0.1) is 0 Å². The third-order valence-electron chi connectivity index (χ3n) is 3.40. The van der Waals surface area contributed by atoms with E-state index in [1.165, 1.54) is 24.8 Å². The van der Waals surface area contributed by atoms with Crippen molar-refractivity contribution in [3.63, 3.8) is 0 Å². The predicted molar refractivity (Wildman–Crippen MR) is 82.2 cm³/mol. The van der Waals surface area contributed by atoms with Crippen LogP contribution in [0.25, 0.3) is 0 Å². The van der Waals surface area contributed by atoms with Crippen molar-refractivity contribution in [3.05, 3.63) is 30.1 Å². The number of aromatic nitrogens is 1. The van der Waals surface area contributed by atoms with Crippen molar-refractivity contribution in [2.75, 3.05) is 19.6 Å². The summed E-state index contributed by atoms with van der Waals surface area (Å²) in [5.41, 5.74) is 1.35. The fraction of sp³-hybridized carbons (Fsp3) is 0.688. The summed E-state index contributed by atoms with van der Waals surface area (Å²) in [6, 6.07) is 4.83. The number of likely N-dealkylation sites (N-methyl/N-ethyl adjacent to an activating group) is 1. The molecule has 19 heavy (non-hydrogen) atoms. The molecule has 0 amide bonds. The van der Waals surface area contributed by atoms with E-state index in [1.54, 1.807) is 0 Å². The molecule has 1 rings (SSSR count). The van der Waals surface area contributed by atoms with Crippen molar-refractivity contribution in [1.29, 1.82) is 0 Å². The molecule has 1 N–H and O–H groups in total. The van der Waals surface area contributed by atoms with E-state index >= 15 is 0 Å². The Morgan fingerprint density at radius 1 is 1.16 bits per heavy atom. The normalized spacial score (nSPS) is 12.8. The average molecular weight is 263 g/mol. The lowest BCUT2D eigenvalue weighted by molar-refractivity contribution is 0.238. The van der Waals surface area contributed by atoms with Gasteiger partial charge in [-0.2, -0.15) is 0 Å². The Morgan fingerprint density at radius 3 is 2.47 bits per heavy atom. The van der Waals surface area contributed by atoms with Crippen molar-refractivity contribution in [1.82, 2.24) is 15.2 Å². The standard InChI is InChI=1S/C16H29N3/c1-4-7-16(18-10-5-2)14-19(6-3)13-15-8-11-17-12-9-15/h8-9,11-12,16,18H,4-7,10,13-14H2,1-3H3. The number of hydrogen-bond donors (Lipinski definition) is 1. The first-order valence-electron chi connectivity index (χ1n) is 7.64. The zero-order valence-corrected chi connectivity index (χ0v) is 12.7. The van der Waals surface area contributed by atoms with Crippen LogP contribution < -0.4 is 5.32 Å². The maximum absolute atomic E-state index is 4.08. The molecule has 3 nitrogen and oxygen atoms in total. The molecule has 0 saturated heterocycles. The van der Waals surface area contributed by atoms with Crippen molar-refractivity contribution < 1.29 is 0 Å². The fourth-order valence-electron chi connectivity index (χ4n) is 2.32. The van der Waals surface area contributed by atoms with E-state index < -0.39 is 0 Å². The van der Waals surface area contributed by atoms with Gasteiger partial charge in [0.1, 0.15) is 0 Å². The van der Waals surface area contributed by atoms with E-state index in [2.05, 4.69) is 48.1 Å². The highest BCUT2D eigenvalue weighted by Crippen LogP contribution is 2.06. The SMILES string of the molecule is CCCNC(CCC)CN(CC)Cc1ccncc1. The Hall–Kier alpha value is -0.930. The summed E-state index contributed by atoms with van der Waals surface area (Å²) in [4.78, 5) is 6.59. The van der Waals surface area contributed by atoms with E-state index in [9.17, 15) is 0 Å². The fourth-order valence-corrected chi connectivity index (χ4v) is 2.32. The third kappa shape index (κ3) is 6.69. The van der Waals surface area contributed by atoms with Gasteiger partial charge in [0.2, 0.25) is 0 Å². The van der Waals surface area contributed by atoms with E-state index in [1.807, 2.05) is 12.4 Å². The second-order valence-electron chi connectivity index (χ2n) is 5.12. The Balaban J connectivity index is 2.48. The van der Waals surface area contributed by atoms with Crippen molar-refractivity contribution in [2.45, 2.75) is 52.6 Å². The van der Waals surface area contributed by atoms with E-state index in [-0.39, 0.29) is 0 Å². The number of hydrogen-bond acceptors (Lipinski definition) is 3. The van der Waals surface area contributed by atoms with E-state index in [0.717, 1.165) is 26.2 Å². The molecule has 0 aliphatic heterocycles. The summed E-state index contributed by atoms with van der Waals surface area (Å²) < 4.78 is 0. The van der Waals surface area contributed by atoms with Gasteiger partial charge in [0.15, 0.2) is 0 Å². The molecule has 3 heteroatoms. The third-order valence-corrected chi connectivity index (χ3v) is 3.40. The Labute approximate surface area is 118 Å². The molecule has 1 aromatic rings. The predicted octanol–water partition coefficient (Wildman–Crippen LogP) is 3.07. The number of nitrogens with zero attached hydrogens (tertiary/aromatic N) is 2. The van der Waals surface area contributed by atoms with Crippen LogP contribution in [0.1, 0.15) is 45.6 Å². The summed E-state index contributed by atoms with van der Waals surface area (Å²) in [5.74, 6) is 0. The van der Waals surface area contributed by atoms with Crippen molar-refractivity contribution >= 4 is 0 Å². The van der Waals surface area contributed by atoms with Crippen LogP contribution in [0.2, 0.25) is 0 Å². The van der Waals surface area contributed by atoms with Gasteiger partial charge in [0.25, 0.3) is 0 Å². The largest absolute Gasteiger partial charge is 0.313 e. The summed E-state index contributed by atoms with van der Waals surface area (Å²) >= 11 is 0. The molecule has 0 aliphatic rings. The van der Waals surface area contributed by atoms with Gasteiger partial charge in [0, 0.05) is 31.5 Å². The summed E-state index contributed by atoms with van der Waals surface area (Å²) in [7, 11) is 0. The van der Waals surface area contributed by atoms with Gasteiger partial charge in [-0.25, -0.2) is 0 Å². The molecule has 0 bridgehead atoms. The smallest absolute Gasteiger partial charge is 0.0271 e. The zero-order chi connectivity index (χ0) is 13.9. The van der Waals surface area contributed by atoms with Gasteiger partial charge < -0.3 is 5.32 Å². The molecule has 1 heterocycles. The van der Waals surface area contributed by atoms with Crippen LogP contribution in [0.3, 0.4) is 0 Å². The summed E-state index contributed by atoms with van der Waals surface area (Å²) in [5, 5.41) is 3.67. The van der Waals surface area contributed by atoms with Crippen molar-refractivity contribution in [2.24, 2.45) is 0 Å². The van der Waals surface area contributed by atoms with Crippen molar-refractivity contribution in [3.8, 4) is 0 Å². The minimum Gasteiger partial charge on any atom is -0.313 e. The monoisotopic (exact) mass is 263 g/mol. The molecule has 108 valence electrons. The summed E-state index contributed by atoms with van der Waals surface area (Å²) in [6.45, 7) is 11.1. The topological polar surface area (TPSA) is 28.2 Å². The summed E-state index contributed by atoms with van der Waals surface area (Å²) in [6.07, 6.45) is 7.46. The highest BCUT2D eigenvalue weighted by molar-refractivity contribution is 5.09. The first kappa shape index (κ1) is 16.1. The highest BCUT2D eigenvalue weighted by atomic mass is 15.1. The van der Waals surface area contributed by atoms with Crippen LogP contribution in [0.5, 0.6) is 0 Å². The minimum atomic E-state index is 0.617. The number of pyridine rings is 1. The van der Waals surface area contributed by atoms with Crippen LogP contribution in [-0.4, -0.2) is 35.6 Å². The molecular formula is C16H29N3. The quantitative estimate of drug-likeness (QED) is 0.703. The minimum absolute atomic E-state index is 0.617. The molecule has 1 atom stereocenters. The Morgan fingerprint density at radius 2 is 1.89 bits per heavy atom. The van der Waals surface area contributed by atoms with Gasteiger partial charge in [-0.05, 0) is 43.6 Å². The first-order valence-corrected chi connectivity index (χ1v) is 7.64. The van der Waals surface area contributed by atoms with Gasteiger partial charge in [-0.15, -0.1) is 0 Å². The molecule has 0 saturated carbocycles. The molecular weight excluding hydrogens is 234 g/mol. The second kappa shape index (κ2) is 9.93. The van der Waals surface area contributed by atoms with Gasteiger partial charge in [0.05, 0.1) is 0 Å². The molecule has 1 aromatic heterocycles.